The van der Waals surface area contributed by atoms with Crippen molar-refractivity contribution in [1.82, 2.24) is 9.55 Å². The van der Waals surface area contributed by atoms with Crippen LogP contribution in [0.5, 0.6) is 0 Å². The van der Waals surface area contributed by atoms with E-state index in [1.807, 2.05) is 30.3 Å². The Hall–Kier alpha value is -1.07. The fourth-order valence-corrected chi connectivity index (χ4v) is 2.88. The van der Waals surface area contributed by atoms with Gasteiger partial charge in [-0.15, -0.1) is 0 Å². The minimum Gasteiger partial charge on any atom is -0.315 e. The molecule has 1 aromatic heterocycles. The zero-order chi connectivity index (χ0) is 12.5. The van der Waals surface area contributed by atoms with E-state index < -0.39 is 0 Å². The molecule has 0 aliphatic heterocycles. The molecule has 0 spiro atoms. The summed E-state index contributed by atoms with van der Waals surface area (Å²) in [7, 11) is 0. The van der Waals surface area contributed by atoms with E-state index in [0.29, 0.717) is 5.02 Å². The van der Waals surface area contributed by atoms with Gasteiger partial charge in [0.15, 0.2) is 3.83 Å². The fraction of sp³-hybridized carbons (Fsp3) is 0.0714. The Bertz CT molecular complexity index is 692. The minimum absolute atomic E-state index is 0.706. The summed E-state index contributed by atoms with van der Waals surface area (Å²) < 4.78 is 3.14. The van der Waals surface area contributed by atoms with Crippen molar-refractivity contribution < 1.29 is 0 Å². The first-order valence-electron chi connectivity index (χ1n) is 5.60. The zero-order valence-electron chi connectivity index (χ0n) is 9.48. The number of aromatic nitrogens is 2. The number of hydrogen-bond acceptors (Lipinski definition) is 1. The lowest BCUT2D eigenvalue weighted by atomic mass is 10.2. The predicted octanol–water partition coefficient (Wildman–Crippen LogP) is 4.34. The Balaban J connectivity index is 2.12. The number of benzene rings is 2. The van der Waals surface area contributed by atoms with Crippen molar-refractivity contribution in [2.24, 2.45) is 0 Å². The van der Waals surface area contributed by atoms with Crippen molar-refractivity contribution in [2.75, 3.05) is 0 Å². The molecule has 0 saturated carbocycles. The molecule has 0 bridgehead atoms. The molecule has 0 aliphatic rings. The van der Waals surface area contributed by atoms with E-state index in [9.17, 15) is 0 Å². The Morgan fingerprint density at radius 2 is 1.83 bits per heavy atom. The molecule has 0 fully saturated rings. The maximum absolute atomic E-state index is 6.17. The molecule has 4 heteroatoms. The molecule has 0 saturated heterocycles. The largest absolute Gasteiger partial charge is 0.315 e. The van der Waals surface area contributed by atoms with Gasteiger partial charge < -0.3 is 4.57 Å². The van der Waals surface area contributed by atoms with Crippen molar-refractivity contribution in [3.8, 4) is 0 Å². The van der Waals surface area contributed by atoms with E-state index >= 15 is 0 Å². The number of nitrogens with zero attached hydrogens (tertiary/aromatic N) is 2. The summed E-state index contributed by atoms with van der Waals surface area (Å²) in [6, 6.07) is 16.3. The third-order valence-electron chi connectivity index (χ3n) is 2.87. The van der Waals surface area contributed by atoms with Crippen LogP contribution in [-0.2, 0) is 6.54 Å². The number of para-hydroxylation sites is 1. The molecule has 0 amide bonds. The quantitative estimate of drug-likeness (QED) is 0.615. The van der Waals surface area contributed by atoms with Crippen molar-refractivity contribution in [1.29, 1.82) is 0 Å². The van der Waals surface area contributed by atoms with E-state index in [0.717, 1.165) is 21.4 Å². The SMILES string of the molecule is Clc1cccc2c1nc(I)n2Cc1ccccc1. The lowest BCUT2D eigenvalue weighted by Crippen LogP contribution is -2.01. The highest BCUT2D eigenvalue weighted by Crippen LogP contribution is 2.25. The van der Waals surface area contributed by atoms with E-state index in [1.165, 1.54) is 5.56 Å². The van der Waals surface area contributed by atoms with Crippen molar-refractivity contribution >= 4 is 45.2 Å². The second-order valence-electron chi connectivity index (χ2n) is 4.06. The number of hydrogen-bond donors (Lipinski definition) is 0. The zero-order valence-corrected chi connectivity index (χ0v) is 12.4. The van der Waals surface area contributed by atoms with Gasteiger partial charge in [-0.05, 0) is 40.3 Å². The van der Waals surface area contributed by atoms with Gasteiger partial charge in [-0.2, -0.15) is 0 Å². The maximum atomic E-state index is 6.17. The van der Waals surface area contributed by atoms with Crippen LogP contribution in [0, 0.1) is 3.83 Å². The van der Waals surface area contributed by atoms with Crippen LogP contribution in [-0.4, -0.2) is 9.55 Å². The molecule has 0 N–H and O–H groups in total. The molecule has 3 aromatic rings. The molecular formula is C14H10ClIN2. The topological polar surface area (TPSA) is 17.8 Å². The third-order valence-corrected chi connectivity index (χ3v) is 4.00. The third kappa shape index (κ3) is 2.12. The summed E-state index contributed by atoms with van der Waals surface area (Å²) in [6.07, 6.45) is 0. The van der Waals surface area contributed by atoms with Crippen LogP contribution in [0.2, 0.25) is 5.02 Å². The molecule has 1 heterocycles. The first kappa shape index (κ1) is 12.0. The lowest BCUT2D eigenvalue weighted by molar-refractivity contribution is 0.798. The van der Waals surface area contributed by atoms with Crippen molar-refractivity contribution in [2.45, 2.75) is 6.54 Å². The average molecular weight is 369 g/mol. The Kier molecular flexibility index (Phi) is 3.26. The van der Waals surface area contributed by atoms with Gasteiger partial charge in [0.2, 0.25) is 0 Å². The Labute approximate surface area is 124 Å². The molecule has 2 nitrogen and oxygen atoms in total. The Morgan fingerprint density at radius 3 is 2.61 bits per heavy atom. The number of rotatable bonds is 2. The highest BCUT2D eigenvalue weighted by Gasteiger charge is 2.10. The minimum atomic E-state index is 0.706. The lowest BCUT2D eigenvalue weighted by Gasteiger charge is -2.06. The van der Waals surface area contributed by atoms with Crippen LogP contribution in [0.25, 0.3) is 11.0 Å². The van der Waals surface area contributed by atoms with Crippen LogP contribution in [0.15, 0.2) is 48.5 Å². The summed E-state index contributed by atoms with van der Waals surface area (Å²) in [5.74, 6) is 0. The smallest absolute Gasteiger partial charge is 0.172 e. The summed E-state index contributed by atoms with van der Waals surface area (Å²) in [5, 5.41) is 0.706. The number of imidazole rings is 1. The molecule has 0 atom stereocenters. The fourth-order valence-electron chi connectivity index (χ4n) is 2.00. The van der Waals surface area contributed by atoms with Crippen LogP contribution < -0.4 is 0 Å². The van der Waals surface area contributed by atoms with Gasteiger partial charge in [-0.1, -0.05) is 48.0 Å². The van der Waals surface area contributed by atoms with E-state index in [-0.39, 0.29) is 0 Å². The molecule has 0 radical (unpaired) electrons. The average Bonchev–Trinajstić information content (AvgIpc) is 2.70. The van der Waals surface area contributed by atoms with E-state index in [4.69, 9.17) is 11.6 Å². The maximum Gasteiger partial charge on any atom is 0.172 e. The van der Waals surface area contributed by atoms with E-state index in [2.05, 4.69) is 50.3 Å². The summed E-state index contributed by atoms with van der Waals surface area (Å²) in [6.45, 7) is 0.815. The van der Waals surface area contributed by atoms with Crippen LogP contribution in [0.4, 0.5) is 0 Å². The number of halogens is 2. The van der Waals surface area contributed by atoms with Crippen LogP contribution in [0.1, 0.15) is 5.56 Å². The second-order valence-corrected chi connectivity index (χ2v) is 5.43. The monoisotopic (exact) mass is 368 g/mol. The van der Waals surface area contributed by atoms with Crippen LogP contribution in [0.3, 0.4) is 0 Å². The van der Waals surface area contributed by atoms with Gasteiger partial charge in [0.05, 0.1) is 17.1 Å². The van der Waals surface area contributed by atoms with E-state index in [1.54, 1.807) is 0 Å². The van der Waals surface area contributed by atoms with Crippen LogP contribution >= 0.6 is 34.2 Å². The molecule has 18 heavy (non-hydrogen) atoms. The second kappa shape index (κ2) is 4.90. The summed E-state index contributed by atoms with van der Waals surface area (Å²) >= 11 is 8.42. The van der Waals surface area contributed by atoms with Crippen molar-refractivity contribution in [3.05, 3.63) is 62.9 Å². The standard InChI is InChI=1S/C14H10ClIN2/c15-11-7-4-8-12-13(11)17-14(16)18(12)9-10-5-2-1-3-6-10/h1-8H,9H2. The molecule has 2 aromatic carbocycles. The normalized spacial score (nSPS) is 11.0. The first-order chi connectivity index (χ1) is 8.75. The molecule has 3 rings (SSSR count). The highest BCUT2D eigenvalue weighted by atomic mass is 127. The van der Waals surface area contributed by atoms with Gasteiger partial charge in [0, 0.05) is 0 Å². The van der Waals surface area contributed by atoms with Gasteiger partial charge in [0.25, 0.3) is 0 Å². The number of fused-ring (bicyclic) bond motifs is 1. The van der Waals surface area contributed by atoms with Gasteiger partial charge in [0.1, 0.15) is 5.52 Å². The Morgan fingerprint density at radius 1 is 1.06 bits per heavy atom. The van der Waals surface area contributed by atoms with Crippen molar-refractivity contribution in [3.63, 3.8) is 0 Å². The first-order valence-corrected chi connectivity index (χ1v) is 7.05. The molecule has 0 unspecified atom stereocenters. The molecule has 90 valence electrons. The highest BCUT2D eigenvalue weighted by molar-refractivity contribution is 14.1. The predicted molar refractivity (Wildman–Crippen MR) is 83.0 cm³/mol. The molecule has 0 aliphatic carbocycles. The van der Waals surface area contributed by atoms with Gasteiger partial charge in [-0.25, -0.2) is 4.98 Å². The van der Waals surface area contributed by atoms with Gasteiger partial charge >= 0.3 is 0 Å². The van der Waals surface area contributed by atoms with Gasteiger partial charge in [-0.3, -0.25) is 0 Å². The summed E-state index contributed by atoms with van der Waals surface area (Å²) in [5.41, 5.74) is 3.21. The summed E-state index contributed by atoms with van der Waals surface area (Å²) in [4.78, 5) is 4.53. The molecular weight excluding hydrogens is 359 g/mol.